The summed E-state index contributed by atoms with van der Waals surface area (Å²) in [7, 11) is 2.07. The average Bonchev–Trinajstić information content (AvgIpc) is 2.96. The van der Waals surface area contributed by atoms with Gasteiger partial charge in [-0.3, -0.25) is 0 Å². The van der Waals surface area contributed by atoms with Gasteiger partial charge < -0.3 is 14.7 Å². The van der Waals surface area contributed by atoms with Crippen LogP contribution in [0.2, 0.25) is 0 Å². The fourth-order valence-corrected chi connectivity index (χ4v) is 2.50. The van der Waals surface area contributed by atoms with Crippen molar-refractivity contribution in [1.82, 2.24) is 9.55 Å². The molecule has 0 saturated heterocycles. The average molecular weight is 255 g/mol. The van der Waals surface area contributed by atoms with Crippen LogP contribution < -0.4 is 5.73 Å². The van der Waals surface area contributed by atoms with E-state index in [0.29, 0.717) is 18.9 Å². The van der Waals surface area contributed by atoms with E-state index in [1.165, 1.54) is 16.6 Å². The number of benzene rings is 1. The molecule has 4 nitrogen and oxygen atoms in total. The second-order valence-electron chi connectivity index (χ2n) is 4.69. The van der Waals surface area contributed by atoms with Gasteiger partial charge in [0.1, 0.15) is 0 Å². The molecule has 0 unspecified atom stereocenters. The maximum Gasteiger partial charge on any atom is 0.196 e. The van der Waals surface area contributed by atoms with Gasteiger partial charge in [-0.05, 0) is 13.0 Å². The third kappa shape index (κ3) is 1.85. The normalized spacial score (nSPS) is 11.3. The molecule has 0 amide bonds. The summed E-state index contributed by atoms with van der Waals surface area (Å²) in [4.78, 5) is 4.28. The van der Waals surface area contributed by atoms with Crippen molar-refractivity contribution in [2.75, 3.05) is 6.54 Å². The molecule has 19 heavy (non-hydrogen) atoms. The monoisotopic (exact) mass is 255 g/mol. The molecular formula is C15H17N3O. The van der Waals surface area contributed by atoms with Crippen LogP contribution in [0.25, 0.3) is 22.2 Å². The molecule has 98 valence electrons. The first-order valence-corrected chi connectivity index (χ1v) is 6.41. The lowest BCUT2D eigenvalue weighted by Gasteiger charge is -1.98. The number of rotatable bonds is 3. The molecule has 0 fully saturated rings. The molecule has 3 aromatic rings. The molecular weight excluding hydrogens is 238 g/mol. The summed E-state index contributed by atoms with van der Waals surface area (Å²) in [5, 5.41) is 1.19. The highest BCUT2D eigenvalue weighted by molar-refractivity contribution is 5.96. The molecule has 0 aliphatic rings. The van der Waals surface area contributed by atoms with Gasteiger partial charge in [-0.1, -0.05) is 18.2 Å². The van der Waals surface area contributed by atoms with Gasteiger partial charge in [-0.25, -0.2) is 4.98 Å². The molecule has 0 bridgehead atoms. The Morgan fingerprint density at radius 2 is 2.11 bits per heavy atom. The van der Waals surface area contributed by atoms with Crippen LogP contribution in [0.1, 0.15) is 11.6 Å². The van der Waals surface area contributed by atoms with Gasteiger partial charge in [0.25, 0.3) is 0 Å². The van der Waals surface area contributed by atoms with Crippen LogP contribution in [0.5, 0.6) is 0 Å². The standard InChI is InChI=1S/C15H17N3O/c1-10-15(13-9-17-14(19-13)7-8-16)11-5-3-4-6-12(11)18(10)2/h3-6,9H,7-8,16H2,1-2H3. The van der Waals surface area contributed by atoms with Crippen LogP contribution in [0.4, 0.5) is 0 Å². The van der Waals surface area contributed by atoms with E-state index in [2.05, 4.69) is 35.7 Å². The summed E-state index contributed by atoms with van der Waals surface area (Å²) in [6, 6.07) is 8.32. The van der Waals surface area contributed by atoms with Gasteiger partial charge in [0.05, 0.1) is 6.20 Å². The van der Waals surface area contributed by atoms with Gasteiger partial charge in [0.2, 0.25) is 0 Å². The van der Waals surface area contributed by atoms with E-state index in [-0.39, 0.29) is 0 Å². The van der Waals surface area contributed by atoms with Crippen molar-refractivity contribution in [3.63, 3.8) is 0 Å². The Kier molecular flexibility index (Phi) is 2.87. The van der Waals surface area contributed by atoms with E-state index >= 15 is 0 Å². The largest absolute Gasteiger partial charge is 0.441 e. The lowest BCUT2D eigenvalue weighted by Crippen LogP contribution is -2.02. The zero-order chi connectivity index (χ0) is 13.4. The van der Waals surface area contributed by atoms with E-state index in [9.17, 15) is 0 Å². The number of nitrogens with two attached hydrogens (primary N) is 1. The summed E-state index contributed by atoms with van der Waals surface area (Å²) in [5.41, 5.74) is 9.03. The van der Waals surface area contributed by atoms with Crippen molar-refractivity contribution in [2.45, 2.75) is 13.3 Å². The second-order valence-corrected chi connectivity index (χ2v) is 4.69. The first-order valence-electron chi connectivity index (χ1n) is 6.41. The predicted octanol–water partition coefficient (Wildman–Crippen LogP) is 2.64. The van der Waals surface area contributed by atoms with Crippen molar-refractivity contribution < 1.29 is 4.42 Å². The minimum atomic E-state index is 0.550. The number of nitrogens with zero attached hydrogens (tertiary/aromatic N) is 2. The Hall–Kier alpha value is -2.07. The molecule has 0 saturated carbocycles. The fourth-order valence-electron chi connectivity index (χ4n) is 2.50. The first-order chi connectivity index (χ1) is 9.22. The Morgan fingerprint density at radius 3 is 2.89 bits per heavy atom. The number of para-hydroxylation sites is 1. The van der Waals surface area contributed by atoms with Gasteiger partial charge in [-0.2, -0.15) is 0 Å². The third-order valence-electron chi connectivity index (χ3n) is 3.56. The first kappa shape index (κ1) is 12.0. The minimum Gasteiger partial charge on any atom is -0.441 e. The molecule has 2 aromatic heterocycles. The number of oxazole rings is 1. The van der Waals surface area contributed by atoms with Crippen LogP contribution in [0.15, 0.2) is 34.9 Å². The van der Waals surface area contributed by atoms with Crippen LogP contribution in [-0.2, 0) is 13.5 Å². The lowest BCUT2D eigenvalue weighted by molar-refractivity contribution is 0.508. The zero-order valence-electron chi connectivity index (χ0n) is 11.2. The minimum absolute atomic E-state index is 0.550. The number of aryl methyl sites for hydroxylation is 1. The summed E-state index contributed by atoms with van der Waals surface area (Å²) in [6.07, 6.45) is 2.46. The zero-order valence-corrected chi connectivity index (χ0v) is 11.2. The summed E-state index contributed by atoms with van der Waals surface area (Å²) < 4.78 is 7.98. The van der Waals surface area contributed by atoms with Gasteiger partial charge in [0, 0.05) is 42.2 Å². The summed E-state index contributed by atoms with van der Waals surface area (Å²) >= 11 is 0. The molecule has 0 aliphatic carbocycles. The maximum atomic E-state index is 5.81. The van der Waals surface area contributed by atoms with Gasteiger partial charge >= 0.3 is 0 Å². The summed E-state index contributed by atoms with van der Waals surface area (Å²) in [5.74, 6) is 1.52. The Balaban J connectivity index is 2.21. The molecule has 3 rings (SSSR count). The Labute approximate surface area is 111 Å². The van der Waals surface area contributed by atoms with E-state index in [4.69, 9.17) is 10.2 Å². The second kappa shape index (κ2) is 4.55. The highest BCUT2D eigenvalue weighted by atomic mass is 16.4. The molecule has 0 spiro atoms. The van der Waals surface area contributed by atoms with Crippen LogP contribution >= 0.6 is 0 Å². The molecule has 1 aromatic carbocycles. The topological polar surface area (TPSA) is 57.0 Å². The quantitative estimate of drug-likeness (QED) is 0.782. The number of hydrogen-bond donors (Lipinski definition) is 1. The molecule has 4 heteroatoms. The van der Waals surface area contributed by atoms with Gasteiger partial charge in [0.15, 0.2) is 11.7 Å². The number of hydrogen-bond acceptors (Lipinski definition) is 3. The lowest BCUT2D eigenvalue weighted by atomic mass is 10.1. The van der Waals surface area contributed by atoms with Crippen LogP contribution in [0, 0.1) is 6.92 Å². The summed E-state index contributed by atoms with van der Waals surface area (Å²) in [6.45, 7) is 2.65. The van der Waals surface area contributed by atoms with Gasteiger partial charge in [-0.15, -0.1) is 0 Å². The fraction of sp³-hybridized carbons (Fsp3) is 0.267. The van der Waals surface area contributed by atoms with Crippen molar-refractivity contribution >= 4 is 10.9 Å². The SMILES string of the molecule is Cc1c(-c2cnc(CCN)o2)c2ccccc2n1C. The highest BCUT2D eigenvalue weighted by Gasteiger charge is 2.16. The van der Waals surface area contributed by atoms with Crippen molar-refractivity contribution in [1.29, 1.82) is 0 Å². The number of fused-ring (bicyclic) bond motifs is 1. The predicted molar refractivity (Wildman–Crippen MR) is 75.9 cm³/mol. The highest BCUT2D eigenvalue weighted by Crippen LogP contribution is 2.34. The van der Waals surface area contributed by atoms with Crippen molar-refractivity contribution in [3.05, 3.63) is 42.0 Å². The van der Waals surface area contributed by atoms with Crippen LogP contribution in [-0.4, -0.2) is 16.1 Å². The molecule has 2 heterocycles. The van der Waals surface area contributed by atoms with Crippen molar-refractivity contribution in [3.8, 4) is 11.3 Å². The van der Waals surface area contributed by atoms with E-state index < -0.39 is 0 Å². The Bertz CT molecular complexity index is 724. The smallest absolute Gasteiger partial charge is 0.196 e. The molecule has 0 atom stereocenters. The molecule has 2 N–H and O–H groups in total. The maximum absolute atomic E-state index is 5.81. The van der Waals surface area contributed by atoms with E-state index in [1.807, 2.05) is 12.1 Å². The van der Waals surface area contributed by atoms with E-state index in [1.54, 1.807) is 6.20 Å². The van der Waals surface area contributed by atoms with Crippen molar-refractivity contribution in [2.24, 2.45) is 12.8 Å². The Morgan fingerprint density at radius 1 is 1.32 bits per heavy atom. The molecule has 0 aliphatic heterocycles. The third-order valence-corrected chi connectivity index (χ3v) is 3.56. The molecule has 0 radical (unpaired) electrons. The number of aromatic nitrogens is 2. The van der Waals surface area contributed by atoms with E-state index in [0.717, 1.165) is 11.3 Å². The van der Waals surface area contributed by atoms with Crippen LogP contribution in [0.3, 0.4) is 0 Å².